The lowest BCUT2D eigenvalue weighted by Gasteiger charge is -2.22. The number of halogens is 1. The van der Waals surface area contributed by atoms with Gasteiger partial charge < -0.3 is 15.2 Å². The van der Waals surface area contributed by atoms with Gasteiger partial charge in [0.1, 0.15) is 0 Å². The van der Waals surface area contributed by atoms with Gasteiger partial charge in [-0.1, -0.05) is 49.9 Å². The van der Waals surface area contributed by atoms with Gasteiger partial charge in [-0.3, -0.25) is 9.59 Å². The van der Waals surface area contributed by atoms with Gasteiger partial charge in [-0.2, -0.15) is 0 Å². The molecule has 0 radical (unpaired) electrons. The first-order chi connectivity index (χ1) is 15.9. The number of aromatic nitrogens is 3. The summed E-state index contributed by atoms with van der Waals surface area (Å²) in [5, 5.41) is 15.2. The normalized spacial score (nSPS) is 11.8. The number of hydrogen-bond acceptors (Lipinski definition) is 5. The Morgan fingerprint density at radius 3 is 2.45 bits per heavy atom. The first-order valence-electron chi connectivity index (χ1n) is 10.5. The molecule has 1 aromatic heterocycles. The molecular formula is C24H26IN5O2S. The van der Waals surface area contributed by atoms with Gasteiger partial charge >= 0.3 is 0 Å². The molecule has 0 aliphatic heterocycles. The van der Waals surface area contributed by atoms with E-state index in [0.717, 1.165) is 9.26 Å². The van der Waals surface area contributed by atoms with E-state index in [1.165, 1.54) is 11.8 Å². The van der Waals surface area contributed by atoms with E-state index in [1.807, 2.05) is 60.9 Å². The maximum absolute atomic E-state index is 12.8. The number of benzene rings is 2. The van der Waals surface area contributed by atoms with Gasteiger partial charge in [-0.15, -0.1) is 16.8 Å². The van der Waals surface area contributed by atoms with Gasteiger partial charge in [-0.25, -0.2) is 0 Å². The molecule has 7 nitrogen and oxygen atoms in total. The van der Waals surface area contributed by atoms with Crippen LogP contribution in [0, 0.1) is 9.49 Å². The maximum Gasteiger partial charge on any atom is 0.251 e. The van der Waals surface area contributed by atoms with Crippen molar-refractivity contribution in [3.63, 3.8) is 0 Å². The minimum Gasteiger partial charge on any atom is -0.342 e. The van der Waals surface area contributed by atoms with E-state index >= 15 is 0 Å². The van der Waals surface area contributed by atoms with Gasteiger partial charge in [0.2, 0.25) is 5.91 Å². The molecule has 3 aromatic rings. The molecule has 33 heavy (non-hydrogen) atoms. The third kappa shape index (κ3) is 6.91. The minimum absolute atomic E-state index is 0.0763. The Balaban J connectivity index is 1.73. The first-order valence-corrected chi connectivity index (χ1v) is 12.5. The van der Waals surface area contributed by atoms with E-state index < -0.39 is 0 Å². The Labute approximate surface area is 211 Å². The van der Waals surface area contributed by atoms with Gasteiger partial charge in [0.05, 0.1) is 11.8 Å². The lowest BCUT2D eigenvalue weighted by atomic mass is 10.0. The van der Waals surface area contributed by atoms with Crippen molar-refractivity contribution in [2.45, 2.75) is 31.6 Å². The van der Waals surface area contributed by atoms with E-state index in [9.17, 15) is 9.59 Å². The van der Waals surface area contributed by atoms with Crippen molar-refractivity contribution in [1.29, 1.82) is 0 Å². The molecule has 1 heterocycles. The standard InChI is InChI=1S/C24H26IN5O2S/c1-4-14-30-22(21(16(2)3)27-23(32)17-8-6-5-7-9-17)28-29-24(30)33-15-20(31)26-19-12-10-18(25)11-13-19/h4-13,16,21H,1,14-15H2,2-3H3,(H,26,31)(H,27,32)/t21-/m0/s1. The number of nitrogens with zero attached hydrogens (tertiary/aromatic N) is 3. The lowest BCUT2D eigenvalue weighted by Crippen LogP contribution is -2.33. The monoisotopic (exact) mass is 575 g/mol. The molecule has 0 aliphatic rings. The molecule has 0 bridgehead atoms. The fraction of sp³-hybridized carbons (Fsp3) is 0.250. The van der Waals surface area contributed by atoms with Crippen LogP contribution in [0.15, 0.2) is 72.4 Å². The van der Waals surface area contributed by atoms with Crippen molar-refractivity contribution in [3.8, 4) is 0 Å². The fourth-order valence-electron chi connectivity index (χ4n) is 3.14. The highest BCUT2D eigenvalue weighted by atomic mass is 127. The minimum atomic E-state index is -0.347. The van der Waals surface area contributed by atoms with Crippen LogP contribution in [-0.4, -0.2) is 32.3 Å². The zero-order chi connectivity index (χ0) is 23.8. The average Bonchev–Trinajstić information content (AvgIpc) is 3.20. The third-order valence-electron chi connectivity index (χ3n) is 4.78. The van der Waals surface area contributed by atoms with Crippen LogP contribution in [-0.2, 0) is 11.3 Å². The predicted molar refractivity (Wildman–Crippen MR) is 140 cm³/mol. The highest BCUT2D eigenvalue weighted by Crippen LogP contribution is 2.26. The maximum atomic E-state index is 12.8. The van der Waals surface area contributed by atoms with E-state index in [1.54, 1.807) is 18.2 Å². The quantitative estimate of drug-likeness (QED) is 0.204. The second kappa shape index (κ2) is 12.0. The number of carbonyl (C=O) groups excluding carboxylic acids is 2. The zero-order valence-corrected chi connectivity index (χ0v) is 21.5. The van der Waals surface area contributed by atoms with Gasteiger partial charge in [0, 0.05) is 21.4 Å². The van der Waals surface area contributed by atoms with E-state index in [-0.39, 0.29) is 29.5 Å². The van der Waals surface area contributed by atoms with Crippen LogP contribution < -0.4 is 10.6 Å². The zero-order valence-electron chi connectivity index (χ0n) is 18.5. The molecule has 1 atom stereocenters. The number of nitrogens with one attached hydrogen (secondary N) is 2. The summed E-state index contributed by atoms with van der Waals surface area (Å²) in [6.07, 6.45) is 1.75. The molecule has 0 aliphatic carbocycles. The SMILES string of the molecule is C=CCn1c(SCC(=O)Nc2ccc(I)cc2)nnc1[C@@H](NC(=O)c1ccccc1)C(C)C. The van der Waals surface area contributed by atoms with Crippen molar-refractivity contribution >= 4 is 51.9 Å². The molecule has 172 valence electrons. The van der Waals surface area contributed by atoms with E-state index in [4.69, 9.17) is 0 Å². The van der Waals surface area contributed by atoms with Crippen molar-refractivity contribution in [3.05, 3.63) is 82.2 Å². The molecule has 2 amide bonds. The second-order valence-electron chi connectivity index (χ2n) is 7.64. The Morgan fingerprint density at radius 2 is 1.82 bits per heavy atom. The molecule has 2 aromatic carbocycles. The number of anilines is 1. The third-order valence-corrected chi connectivity index (χ3v) is 6.47. The highest BCUT2D eigenvalue weighted by molar-refractivity contribution is 14.1. The van der Waals surface area contributed by atoms with Crippen LogP contribution in [0.2, 0.25) is 0 Å². The molecule has 0 saturated heterocycles. The summed E-state index contributed by atoms with van der Waals surface area (Å²) in [5.41, 5.74) is 1.33. The van der Waals surface area contributed by atoms with Crippen LogP contribution in [0.3, 0.4) is 0 Å². The Morgan fingerprint density at radius 1 is 1.12 bits per heavy atom. The topological polar surface area (TPSA) is 88.9 Å². The van der Waals surface area contributed by atoms with Crippen LogP contribution in [0.25, 0.3) is 0 Å². The number of amides is 2. The summed E-state index contributed by atoms with van der Waals surface area (Å²) in [7, 11) is 0. The van der Waals surface area contributed by atoms with Gasteiger partial charge in [0.25, 0.3) is 5.91 Å². The fourth-order valence-corrected chi connectivity index (χ4v) is 4.26. The molecular weight excluding hydrogens is 549 g/mol. The Hall–Kier alpha value is -2.66. The van der Waals surface area contributed by atoms with Crippen molar-refractivity contribution < 1.29 is 9.59 Å². The summed E-state index contributed by atoms with van der Waals surface area (Å²) in [5.74, 6) is 0.591. The van der Waals surface area contributed by atoms with E-state index in [0.29, 0.717) is 23.1 Å². The summed E-state index contributed by atoms with van der Waals surface area (Å²) in [4.78, 5) is 25.2. The molecule has 0 spiro atoms. The molecule has 9 heteroatoms. The van der Waals surface area contributed by atoms with Crippen molar-refractivity contribution in [2.24, 2.45) is 5.92 Å². The van der Waals surface area contributed by atoms with Crippen LogP contribution in [0.5, 0.6) is 0 Å². The lowest BCUT2D eigenvalue weighted by molar-refractivity contribution is -0.113. The van der Waals surface area contributed by atoms with E-state index in [2.05, 4.69) is 50.0 Å². The number of hydrogen-bond donors (Lipinski definition) is 2. The summed E-state index contributed by atoms with van der Waals surface area (Å²) < 4.78 is 3.00. The highest BCUT2D eigenvalue weighted by Gasteiger charge is 2.26. The second-order valence-corrected chi connectivity index (χ2v) is 9.83. The van der Waals surface area contributed by atoms with Crippen LogP contribution in [0.4, 0.5) is 5.69 Å². The number of rotatable bonds is 10. The smallest absolute Gasteiger partial charge is 0.251 e. The molecule has 0 unspecified atom stereocenters. The average molecular weight is 575 g/mol. The number of allylic oxidation sites excluding steroid dienone is 1. The predicted octanol–water partition coefficient (Wildman–Crippen LogP) is 4.93. The molecule has 3 rings (SSSR count). The van der Waals surface area contributed by atoms with Crippen molar-refractivity contribution in [1.82, 2.24) is 20.1 Å². The number of carbonyl (C=O) groups is 2. The largest absolute Gasteiger partial charge is 0.342 e. The van der Waals surface area contributed by atoms with Gasteiger partial charge in [0.15, 0.2) is 11.0 Å². The molecule has 0 saturated carbocycles. The van der Waals surface area contributed by atoms with Crippen molar-refractivity contribution in [2.75, 3.05) is 11.1 Å². The van der Waals surface area contributed by atoms with Crippen LogP contribution in [0.1, 0.15) is 36.1 Å². The summed E-state index contributed by atoms with van der Waals surface area (Å²) in [6.45, 7) is 8.34. The van der Waals surface area contributed by atoms with Crippen LogP contribution >= 0.6 is 34.4 Å². The summed E-state index contributed by atoms with van der Waals surface area (Å²) >= 11 is 3.52. The van der Waals surface area contributed by atoms with Gasteiger partial charge in [-0.05, 0) is 64.9 Å². The molecule has 2 N–H and O–H groups in total. The summed E-state index contributed by atoms with van der Waals surface area (Å²) in [6, 6.07) is 16.3. The Bertz CT molecular complexity index is 1100. The number of thioether (sulfide) groups is 1. The Kier molecular flexibility index (Phi) is 9.07. The first kappa shape index (κ1) is 25.0. The molecule has 0 fully saturated rings.